The molecule has 2 aliphatic rings. The van der Waals surface area contributed by atoms with Crippen molar-refractivity contribution >= 4 is 121 Å². The van der Waals surface area contributed by atoms with Crippen LogP contribution in [0.15, 0.2) is 62.4 Å². The summed E-state index contributed by atoms with van der Waals surface area (Å²) in [6.07, 6.45) is 1.23. The standard InChI is InChI=1S/C60H99N25O12S2/c61-22-4-3-14-40-54(94)85-28-10-19-45(85)53(93)79-39(17-8-27-76-60(71)97)49(89)83-44(52(92)81-41(55(95)96)18-9-26-75-59(69)70)32-99-98-31-43(51(91)78-38(47(87)80-40)16-7-25-74-58(67)68)84-50(90)42(30-33-20-21-34-11-1-2-12-35(34)29-33)82-48(88)37(15-6-24-73-57(65)66)77-46(86)36(62)13-5-23-72-56(63)64/h1-2,11-12,20-21,29,36-45H,3-10,13-19,22-28,30-32,61-62H2,(H,77,86)(H,78,91)(H,79,93)(H,80,87)(H,81,92)(H,82,88)(H,83,89)(H,84,90)(H,95,96)(H4,63,64,72)(H4,65,66,73)(H4,67,68,74)(H4,69,70,75)(H3,71,76,97)/t36-,37-,38-,39-,40+,41-,42-,43-,44-,45-/m0/s1. The van der Waals surface area contributed by atoms with E-state index in [1.807, 2.05) is 30.3 Å². The number of benzene rings is 2. The molecule has 37 nitrogen and oxygen atoms in total. The maximum absolute atomic E-state index is 15.3. The maximum atomic E-state index is 15.3. The lowest BCUT2D eigenvalue weighted by molar-refractivity contribution is -0.143. The average Bonchev–Trinajstić information content (AvgIpc) is 1.81. The number of carbonyl (C=O) groups excluding carboxylic acids is 10. The van der Waals surface area contributed by atoms with Gasteiger partial charge >= 0.3 is 12.0 Å². The van der Waals surface area contributed by atoms with E-state index in [1.54, 1.807) is 12.1 Å². The second-order valence-corrected chi connectivity index (χ2v) is 26.1. The van der Waals surface area contributed by atoms with Crippen LogP contribution >= 0.6 is 21.6 Å². The van der Waals surface area contributed by atoms with Gasteiger partial charge in [0.2, 0.25) is 53.2 Å². The van der Waals surface area contributed by atoms with E-state index in [2.05, 4.69) is 67.8 Å². The predicted molar refractivity (Wildman–Crippen MR) is 378 cm³/mol. The minimum Gasteiger partial charge on any atom is -0.480 e. The first-order valence-corrected chi connectivity index (χ1v) is 35.0. The molecule has 2 saturated heterocycles. The summed E-state index contributed by atoms with van der Waals surface area (Å²) >= 11 is 0. The van der Waals surface area contributed by atoms with Gasteiger partial charge in [0.15, 0.2) is 23.8 Å². The van der Waals surface area contributed by atoms with Crippen LogP contribution in [-0.4, -0.2) is 217 Å². The molecule has 32 N–H and O–H groups in total. The van der Waals surface area contributed by atoms with Gasteiger partial charge in [-0.3, -0.25) is 63.1 Å². The van der Waals surface area contributed by atoms with Crippen molar-refractivity contribution in [3.05, 3.63) is 48.0 Å². The first-order chi connectivity index (χ1) is 47.2. The third-order valence-corrected chi connectivity index (χ3v) is 18.2. The zero-order chi connectivity index (χ0) is 73.0. The SMILES string of the molecule is NCCCC[C@H]1NC(=O)[C@H](CCCN=C(N)N)NC(=O)[C@@H](NC(=O)[C@H](Cc2ccc3ccccc3c2)NC(=O)[C@H](CCCN=C(N)N)NC(=O)[C@@H](N)CCCN=C(N)N)CSSC[C@@H](C(=O)N[C@@H](CCCN=C(N)N)C(=O)O)NC(=O)[C@H](CCCNC(N)=O)NC(=O)[C@@H]2CCCN2C1=O. The fourth-order valence-electron chi connectivity index (χ4n) is 10.6. The lowest BCUT2D eigenvalue weighted by Gasteiger charge is -2.31. The summed E-state index contributed by atoms with van der Waals surface area (Å²) in [6, 6.07) is -2.38. The fourth-order valence-corrected chi connectivity index (χ4v) is 12.9. The van der Waals surface area contributed by atoms with Crippen molar-refractivity contribution in [3.8, 4) is 0 Å². The topological polar surface area (TPSA) is 655 Å². The van der Waals surface area contributed by atoms with E-state index >= 15 is 9.59 Å². The molecule has 0 saturated carbocycles. The molecule has 2 aliphatic heterocycles. The molecule has 0 radical (unpaired) electrons. The van der Waals surface area contributed by atoms with Crippen molar-refractivity contribution in [2.24, 2.45) is 83.0 Å². The maximum Gasteiger partial charge on any atom is 0.326 e. The van der Waals surface area contributed by atoms with E-state index in [1.165, 1.54) is 4.90 Å². The Morgan fingerprint density at radius 3 is 1.74 bits per heavy atom. The molecule has 0 aromatic heterocycles. The van der Waals surface area contributed by atoms with Crippen LogP contribution in [0.3, 0.4) is 0 Å². The highest BCUT2D eigenvalue weighted by molar-refractivity contribution is 8.76. The lowest BCUT2D eigenvalue weighted by atomic mass is 10.00. The van der Waals surface area contributed by atoms with Gasteiger partial charge in [-0.1, -0.05) is 64.1 Å². The Hall–Kier alpha value is -9.63. The molecule has 548 valence electrons. The lowest BCUT2D eigenvalue weighted by Crippen LogP contribution is -2.61. The van der Waals surface area contributed by atoms with E-state index < -0.39 is 131 Å². The van der Waals surface area contributed by atoms with Crippen molar-refractivity contribution in [2.75, 3.05) is 57.3 Å². The van der Waals surface area contributed by atoms with E-state index in [4.69, 9.17) is 63.1 Å². The zero-order valence-corrected chi connectivity index (χ0v) is 57.0. The van der Waals surface area contributed by atoms with Crippen LogP contribution in [0.1, 0.15) is 102 Å². The van der Waals surface area contributed by atoms with Crippen LogP contribution in [-0.2, 0) is 54.4 Å². The Kier molecular flexibility index (Phi) is 36.0. The number of nitrogens with two attached hydrogens (primary N) is 11. The molecule has 10 atom stereocenters. The van der Waals surface area contributed by atoms with Crippen molar-refractivity contribution in [2.45, 2.75) is 163 Å². The van der Waals surface area contributed by atoms with Crippen LogP contribution in [0, 0.1) is 0 Å². The number of amides is 11. The van der Waals surface area contributed by atoms with Crippen molar-refractivity contribution in [3.63, 3.8) is 0 Å². The molecule has 99 heavy (non-hydrogen) atoms. The molecule has 2 aromatic carbocycles. The third kappa shape index (κ3) is 30.4. The number of nitrogens with zero attached hydrogens (tertiary/aromatic N) is 5. The number of primary amides is 1. The first-order valence-electron chi connectivity index (χ1n) is 32.6. The van der Waals surface area contributed by atoms with Crippen molar-refractivity contribution in [1.82, 2.24) is 52.8 Å². The Morgan fingerprint density at radius 2 is 1.12 bits per heavy atom. The van der Waals surface area contributed by atoms with Crippen LogP contribution in [0.2, 0.25) is 0 Å². The molecule has 0 bridgehead atoms. The molecule has 4 rings (SSSR count). The fraction of sp³-hybridized carbons (Fsp3) is 0.583. The van der Waals surface area contributed by atoms with E-state index in [-0.39, 0.29) is 152 Å². The van der Waals surface area contributed by atoms with Gasteiger partial charge < -0.3 is 121 Å². The molecular weight excluding hydrogens is 1330 g/mol. The highest BCUT2D eigenvalue weighted by Crippen LogP contribution is 2.26. The summed E-state index contributed by atoms with van der Waals surface area (Å²) in [6.45, 7) is 0.398. The summed E-state index contributed by atoms with van der Waals surface area (Å²) in [5.74, 6) is -10.8. The quantitative estimate of drug-likeness (QED) is 0.0132. The number of hydrogen-bond donors (Lipinski definition) is 21. The number of nitrogens with one attached hydrogen (secondary N) is 9. The summed E-state index contributed by atoms with van der Waals surface area (Å²) in [7, 11) is 1.78. The van der Waals surface area contributed by atoms with E-state index in [0.717, 1.165) is 32.4 Å². The minimum absolute atomic E-state index is 0.00491. The number of rotatable bonds is 35. The third-order valence-electron chi connectivity index (χ3n) is 15.7. The number of aliphatic imine (C=N–C) groups is 4. The molecule has 39 heteroatoms. The van der Waals surface area contributed by atoms with E-state index in [9.17, 15) is 48.3 Å². The number of aliphatic carboxylic acids is 1. The predicted octanol–water partition coefficient (Wildman–Crippen LogP) is -6.15. The first kappa shape index (κ1) is 81.8. The molecule has 2 heterocycles. The van der Waals surface area contributed by atoms with Gasteiger partial charge in [-0.25, -0.2) is 9.59 Å². The number of guanidine groups is 4. The molecule has 2 aromatic rings. The average molecular weight is 1430 g/mol. The number of urea groups is 1. The smallest absolute Gasteiger partial charge is 0.326 e. The summed E-state index contributed by atoms with van der Waals surface area (Å²) in [4.78, 5) is 174. The number of carboxylic acid groups (broad SMARTS) is 1. The number of fused-ring (bicyclic) bond motifs is 2. The molecule has 0 unspecified atom stereocenters. The van der Waals surface area contributed by atoms with Crippen LogP contribution in [0.5, 0.6) is 0 Å². The van der Waals surface area contributed by atoms with Crippen molar-refractivity contribution in [1.29, 1.82) is 0 Å². The molecule has 2 fully saturated rings. The highest BCUT2D eigenvalue weighted by Gasteiger charge is 2.41. The molecule has 11 amide bonds. The number of carboxylic acids is 1. The largest absolute Gasteiger partial charge is 0.480 e. The van der Waals surface area contributed by atoms with Crippen LogP contribution < -0.4 is 111 Å². The minimum atomic E-state index is -1.64. The van der Waals surface area contributed by atoms with Gasteiger partial charge in [0, 0.05) is 57.2 Å². The summed E-state index contributed by atoms with van der Waals surface area (Å²) in [5, 5.41) is 35.9. The monoisotopic (exact) mass is 1430 g/mol. The second-order valence-electron chi connectivity index (χ2n) is 23.6. The normalized spacial score (nSPS) is 19.8. The zero-order valence-electron chi connectivity index (χ0n) is 55.3. The second kappa shape index (κ2) is 43.6. The van der Waals surface area contributed by atoms with Crippen molar-refractivity contribution < 1.29 is 57.8 Å². The van der Waals surface area contributed by atoms with Gasteiger partial charge in [0.25, 0.3) is 0 Å². The van der Waals surface area contributed by atoms with Gasteiger partial charge in [-0.15, -0.1) is 0 Å². The highest BCUT2D eigenvalue weighted by atomic mass is 33.1. The van der Waals surface area contributed by atoms with Gasteiger partial charge in [0.1, 0.15) is 54.4 Å². The Morgan fingerprint density at radius 1 is 0.576 bits per heavy atom. The van der Waals surface area contributed by atoms with E-state index in [0.29, 0.717) is 31.2 Å². The Bertz CT molecular complexity index is 3180. The molecular formula is C60H99N25O12S2. The molecule has 0 spiro atoms. The van der Waals surface area contributed by atoms with Gasteiger partial charge in [-0.05, 0) is 119 Å². The summed E-state index contributed by atoms with van der Waals surface area (Å²) in [5.41, 5.74) is 62.3. The molecule has 0 aliphatic carbocycles. The van der Waals surface area contributed by atoms with Crippen LogP contribution in [0.25, 0.3) is 10.8 Å². The number of carbonyl (C=O) groups is 11. The number of unbranched alkanes of at least 4 members (excludes halogenated alkanes) is 1. The summed E-state index contributed by atoms with van der Waals surface area (Å²) < 4.78 is 0. The Balaban J connectivity index is 1.89. The number of hydrogen-bond acceptors (Lipinski definition) is 19. The van der Waals surface area contributed by atoms with Crippen LogP contribution in [0.4, 0.5) is 4.79 Å². The van der Waals surface area contributed by atoms with Gasteiger partial charge in [-0.2, -0.15) is 0 Å². The Labute approximate surface area is 581 Å². The van der Waals surface area contributed by atoms with Gasteiger partial charge in [0.05, 0.1) is 6.04 Å².